The van der Waals surface area contributed by atoms with Crippen LogP contribution in [0.25, 0.3) is 0 Å². The molecule has 33 heavy (non-hydrogen) atoms. The van der Waals surface area contributed by atoms with E-state index in [0.717, 1.165) is 0 Å². The topological polar surface area (TPSA) is 114 Å². The van der Waals surface area contributed by atoms with Crippen LogP contribution in [0.1, 0.15) is 25.3 Å². The van der Waals surface area contributed by atoms with Crippen LogP contribution in [-0.2, 0) is 19.6 Å². The molecule has 9 nitrogen and oxygen atoms in total. The first-order valence-electron chi connectivity index (χ1n) is 10.4. The van der Waals surface area contributed by atoms with Crippen LogP contribution in [0, 0.1) is 6.92 Å². The minimum Gasteiger partial charge on any atom is -0.495 e. The smallest absolute Gasteiger partial charge is 0.265 e. The third-order valence-corrected chi connectivity index (χ3v) is 8.01. The third kappa shape index (κ3) is 4.38. The number of methoxy groups -OCH3 is 1. The van der Waals surface area contributed by atoms with Crippen LogP contribution in [-0.4, -0.2) is 50.3 Å². The van der Waals surface area contributed by atoms with Crippen molar-refractivity contribution in [2.24, 2.45) is 0 Å². The molecule has 0 spiro atoms. The lowest BCUT2D eigenvalue weighted by molar-refractivity contribution is -0.122. The largest absolute Gasteiger partial charge is 0.495 e. The summed E-state index contributed by atoms with van der Waals surface area (Å²) in [6, 6.07) is 6.88. The van der Waals surface area contributed by atoms with E-state index in [1.165, 1.54) is 17.5 Å². The van der Waals surface area contributed by atoms with Gasteiger partial charge >= 0.3 is 0 Å². The molecule has 1 fully saturated rings. The van der Waals surface area contributed by atoms with Gasteiger partial charge in [0, 0.05) is 17.6 Å². The van der Waals surface area contributed by atoms with Crippen LogP contribution in [0.15, 0.2) is 35.2 Å². The molecular weight excluding hydrogens is 470 g/mol. The van der Waals surface area contributed by atoms with Gasteiger partial charge in [-0.2, -0.15) is 4.31 Å². The number of fused-ring (bicyclic) bond motifs is 1. The quantitative estimate of drug-likeness (QED) is 0.661. The number of halogens is 1. The molecule has 2 aromatic rings. The molecule has 0 unspecified atom stereocenters. The Morgan fingerprint density at radius 1 is 1.30 bits per heavy atom. The van der Waals surface area contributed by atoms with Crippen molar-refractivity contribution in [3.8, 4) is 11.5 Å². The molecule has 1 saturated heterocycles. The maximum absolute atomic E-state index is 13.6. The Labute approximate surface area is 197 Å². The summed E-state index contributed by atoms with van der Waals surface area (Å²) in [6.45, 7) is 3.42. The van der Waals surface area contributed by atoms with Crippen molar-refractivity contribution in [3.05, 3.63) is 40.9 Å². The molecule has 2 atom stereocenters. The highest BCUT2D eigenvalue weighted by Crippen LogP contribution is 2.37. The Morgan fingerprint density at radius 3 is 2.79 bits per heavy atom. The van der Waals surface area contributed by atoms with Gasteiger partial charge in [-0.1, -0.05) is 11.6 Å². The van der Waals surface area contributed by atoms with Crippen LogP contribution in [0.4, 0.5) is 11.4 Å². The monoisotopic (exact) mass is 493 g/mol. The summed E-state index contributed by atoms with van der Waals surface area (Å²) in [4.78, 5) is 25.0. The average Bonchev–Trinajstić information content (AvgIpc) is 3.26. The van der Waals surface area contributed by atoms with E-state index in [9.17, 15) is 18.0 Å². The maximum Gasteiger partial charge on any atom is 0.265 e. The zero-order chi connectivity index (χ0) is 23.9. The molecule has 2 aromatic carbocycles. The predicted molar refractivity (Wildman–Crippen MR) is 123 cm³/mol. The number of hydrogen-bond donors (Lipinski definition) is 2. The molecular formula is C22H24ClN3O6S. The van der Waals surface area contributed by atoms with E-state index in [1.54, 1.807) is 38.1 Å². The molecule has 0 aromatic heterocycles. The number of nitrogens with zero attached hydrogens (tertiary/aromatic N) is 1. The number of nitrogens with one attached hydrogen (secondary N) is 2. The lowest BCUT2D eigenvalue weighted by atomic mass is 10.1. The van der Waals surface area contributed by atoms with E-state index in [2.05, 4.69) is 10.6 Å². The number of benzene rings is 2. The fraction of sp³-hybridized carbons (Fsp3) is 0.364. The lowest BCUT2D eigenvalue weighted by Crippen LogP contribution is -2.43. The van der Waals surface area contributed by atoms with E-state index in [1.807, 2.05) is 0 Å². The molecule has 176 valence electrons. The maximum atomic E-state index is 13.6. The van der Waals surface area contributed by atoms with Crippen LogP contribution in [0.3, 0.4) is 0 Å². The molecule has 0 saturated carbocycles. The number of aryl methyl sites for hydroxylation is 1. The highest BCUT2D eigenvalue weighted by Gasteiger charge is 2.41. The second kappa shape index (κ2) is 8.85. The van der Waals surface area contributed by atoms with Crippen molar-refractivity contribution in [2.75, 3.05) is 24.3 Å². The standard InChI is InChI=1S/C22H24ClN3O6S/c1-12-9-15-19(32-13(2)21(27)24-15)11-20(12)33(29,30)26-8-4-5-17(26)22(28)25-16-10-14(23)6-7-18(16)31-3/h6-7,9-11,13,17H,4-5,8H2,1-3H3,(H,24,27)(H,25,28)/t13-,17+/m1/s1. The second-order valence-electron chi connectivity index (χ2n) is 7.97. The fourth-order valence-electron chi connectivity index (χ4n) is 4.03. The van der Waals surface area contributed by atoms with Gasteiger partial charge in [0.25, 0.3) is 5.91 Å². The van der Waals surface area contributed by atoms with Crippen molar-refractivity contribution >= 4 is 44.8 Å². The zero-order valence-corrected chi connectivity index (χ0v) is 19.9. The average molecular weight is 494 g/mol. The van der Waals surface area contributed by atoms with Gasteiger partial charge in [-0.3, -0.25) is 9.59 Å². The highest BCUT2D eigenvalue weighted by molar-refractivity contribution is 7.89. The van der Waals surface area contributed by atoms with Gasteiger partial charge in [0.05, 0.1) is 23.4 Å². The van der Waals surface area contributed by atoms with Gasteiger partial charge < -0.3 is 20.1 Å². The SMILES string of the molecule is COc1ccc(Cl)cc1NC(=O)[C@@H]1CCCN1S(=O)(=O)c1cc2c(cc1C)NC(=O)[C@@H](C)O2. The summed E-state index contributed by atoms with van der Waals surface area (Å²) < 4.78 is 39.2. The molecule has 2 amide bonds. The molecule has 2 heterocycles. The van der Waals surface area contributed by atoms with Gasteiger partial charge in [0.15, 0.2) is 6.10 Å². The van der Waals surface area contributed by atoms with Gasteiger partial charge in [-0.05, 0) is 56.5 Å². The first-order chi connectivity index (χ1) is 15.6. The van der Waals surface area contributed by atoms with Gasteiger partial charge in [-0.25, -0.2) is 8.42 Å². The number of ether oxygens (including phenoxy) is 2. The minimum absolute atomic E-state index is 0.0321. The normalized spacial score (nSPS) is 20.5. The molecule has 0 aliphatic carbocycles. The van der Waals surface area contributed by atoms with E-state index < -0.39 is 28.1 Å². The molecule has 2 aliphatic rings. The Morgan fingerprint density at radius 2 is 2.06 bits per heavy atom. The predicted octanol–water partition coefficient (Wildman–Crippen LogP) is 3.17. The van der Waals surface area contributed by atoms with Gasteiger partial charge in [-0.15, -0.1) is 0 Å². The molecule has 0 radical (unpaired) electrons. The Hall–Kier alpha value is -2.82. The van der Waals surface area contributed by atoms with Crippen molar-refractivity contribution < 1.29 is 27.5 Å². The van der Waals surface area contributed by atoms with Crippen LogP contribution in [0.5, 0.6) is 11.5 Å². The summed E-state index contributed by atoms with van der Waals surface area (Å²) in [5.41, 5.74) is 1.22. The molecule has 2 N–H and O–H groups in total. The summed E-state index contributed by atoms with van der Waals surface area (Å²) in [5, 5.41) is 5.87. The van der Waals surface area contributed by atoms with E-state index in [4.69, 9.17) is 21.1 Å². The number of carbonyl (C=O) groups is 2. The second-order valence-corrected chi connectivity index (χ2v) is 10.3. The summed E-state index contributed by atoms with van der Waals surface area (Å²) >= 11 is 6.04. The number of sulfonamides is 1. The van der Waals surface area contributed by atoms with E-state index in [-0.39, 0.29) is 23.1 Å². The first kappa shape index (κ1) is 23.3. The number of amides is 2. The third-order valence-electron chi connectivity index (χ3n) is 5.72. The molecule has 4 rings (SSSR count). The lowest BCUT2D eigenvalue weighted by Gasteiger charge is -2.27. The minimum atomic E-state index is -4.02. The number of anilines is 2. The fourth-order valence-corrected chi connectivity index (χ4v) is 6.08. The summed E-state index contributed by atoms with van der Waals surface area (Å²) in [5.74, 6) is -0.0799. The summed E-state index contributed by atoms with van der Waals surface area (Å²) in [7, 11) is -2.55. The van der Waals surface area contributed by atoms with E-state index >= 15 is 0 Å². The Kier molecular flexibility index (Phi) is 6.26. The van der Waals surface area contributed by atoms with Crippen LogP contribution in [0.2, 0.25) is 5.02 Å². The van der Waals surface area contributed by atoms with Crippen LogP contribution >= 0.6 is 11.6 Å². The highest BCUT2D eigenvalue weighted by atomic mass is 35.5. The number of carbonyl (C=O) groups excluding carboxylic acids is 2. The first-order valence-corrected chi connectivity index (χ1v) is 12.2. The van der Waals surface area contributed by atoms with Crippen molar-refractivity contribution in [1.82, 2.24) is 4.31 Å². The van der Waals surface area contributed by atoms with Crippen molar-refractivity contribution in [3.63, 3.8) is 0 Å². The number of hydrogen-bond acceptors (Lipinski definition) is 6. The van der Waals surface area contributed by atoms with E-state index in [0.29, 0.717) is 40.6 Å². The van der Waals surface area contributed by atoms with Crippen molar-refractivity contribution in [2.45, 2.75) is 43.7 Å². The van der Waals surface area contributed by atoms with Crippen LogP contribution < -0.4 is 20.1 Å². The van der Waals surface area contributed by atoms with Gasteiger partial charge in [0.2, 0.25) is 15.9 Å². The van der Waals surface area contributed by atoms with Crippen molar-refractivity contribution in [1.29, 1.82) is 0 Å². The zero-order valence-electron chi connectivity index (χ0n) is 18.3. The number of rotatable bonds is 5. The Bertz CT molecular complexity index is 1230. The molecule has 2 aliphatic heterocycles. The molecule has 11 heteroatoms. The van der Waals surface area contributed by atoms with Gasteiger partial charge in [0.1, 0.15) is 17.5 Å². The molecule has 0 bridgehead atoms. The Balaban J connectivity index is 1.63. The summed E-state index contributed by atoms with van der Waals surface area (Å²) in [6.07, 6.45) is 0.174.